The third-order valence-corrected chi connectivity index (χ3v) is 7.01. The van der Waals surface area contributed by atoms with Crippen LogP contribution in [0, 0.1) is 0 Å². The van der Waals surface area contributed by atoms with E-state index in [4.69, 9.17) is 0 Å². The van der Waals surface area contributed by atoms with Crippen molar-refractivity contribution in [3.63, 3.8) is 0 Å². The molecular weight excluding hydrogens is 470 g/mol. The van der Waals surface area contributed by atoms with Crippen LogP contribution in [0.3, 0.4) is 0 Å². The van der Waals surface area contributed by atoms with Gasteiger partial charge in [-0.3, -0.25) is 9.59 Å². The SMILES string of the molecule is CCCCCCCCCCCCCCCCCCC(=O)c1cccc(NC(=O)/C=C/c2cccc(O)c2)c1. The molecule has 0 atom stereocenters. The van der Waals surface area contributed by atoms with Crippen molar-refractivity contribution in [1.82, 2.24) is 0 Å². The Bertz CT molecular complexity index is 966. The lowest BCUT2D eigenvalue weighted by molar-refractivity contribution is -0.111. The molecule has 0 heterocycles. The maximum absolute atomic E-state index is 12.6. The molecule has 2 N–H and O–H groups in total. The van der Waals surface area contributed by atoms with E-state index in [1.54, 1.807) is 42.5 Å². The molecule has 2 rings (SSSR count). The Balaban J connectivity index is 1.51. The van der Waals surface area contributed by atoms with Crippen LogP contribution < -0.4 is 5.32 Å². The van der Waals surface area contributed by atoms with E-state index in [1.807, 2.05) is 12.1 Å². The Kier molecular flexibility index (Phi) is 16.6. The lowest BCUT2D eigenvalue weighted by atomic mass is 10.0. The summed E-state index contributed by atoms with van der Waals surface area (Å²) in [5.41, 5.74) is 1.98. The Hall–Kier alpha value is -2.88. The Morgan fingerprint density at radius 2 is 1.26 bits per heavy atom. The molecule has 2 aromatic rings. The van der Waals surface area contributed by atoms with Gasteiger partial charge in [-0.15, -0.1) is 0 Å². The van der Waals surface area contributed by atoms with Crippen LogP contribution in [0.1, 0.15) is 132 Å². The summed E-state index contributed by atoms with van der Waals surface area (Å²) in [4.78, 5) is 24.9. The fourth-order valence-electron chi connectivity index (χ4n) is 4.73. The van der Waals surface area contributed by atoms with Crippen molar-refractivity contribution >= 4 is 23.5 Å². The lowest BCUT2D eigenvalue weighted by Gasteiger charge is -2.06. The summed E-state index contributed by atoms with van der Waals surface area (Å²) >= 11 is 0. The first-order valence-corrected chi connectivity index (χ1v) is 15.0. The largest absolute Gasteiger partial charge is 0.508 e. The zero-order chi connectivity index (χ0) is 27.3. The maximum atomic E-state index is 12.6. The summed E-state index contributed by atoms with van der Waals surface area (Å²) in [7, 11) is 0. The van der Waals surface area contributed by atoms with Gasteiger partial charge >= 0.3 is 0 Å². The molecule has 0 saturated carbocycles. The van der Waals surface area contributed by atoms with Crippen LogP contribution in [-0.2, 0) is 4.79 Å². The highest BCUT2D eigenvalue weighted by Gasteiger charge is 2.07. The first-order chi connectivity index (χ1) is 18.6. The average molecular weight is 520 g/mol. The number of amides is 1. The second kappa shape index (κ2) is 20.1. The quantitative estimate of drug-likeness (QED) is 0.0979. The minimum absolute atomic E-state index is 0.127. The number of ketones is 1. The first-order valence-electron chi connectivity index (χ1n) is 15.0. The number of Topliss-reactive ketones (excluding diaryl/α,β-unsaturated/α-hetero) is 1. The van der Waals surface area contributed by atoms with Crippen LogP contribution in [0.2, 0.25) is 0 Å². The minimum Gasteiger partial charge on any atom is -0.508 e. The summed E-state index contributed by atoms with van der Waals surface area (Å²) in [6.07, 6.45) is 24.7. The molecule has 4 nitrogen and oxygen atoms in total. The molecule has 2 aromatic carbocycles. The van der Waals surface area contributed by atoms with Crippen molar-refractivity contribution in [2.24, 2.45) is 0 Å². The molecule has 0 spiro atoms. The highest BCUT2D eigenvalue weighted by molar-refractivity contribution is 6.03. The van der Waals surface area contributed by atoms with E-state index in [-0.39, 0.29) is 17.4 Å². The van der Waals surface area contributed by atoms with Gasteiger partial charge in [0.05, 0.1) is 0 Å². The molecule has 0 aliphatic heterocycles. The molecule has 1 amide bonds. The van der Waals surface area contributed by atoms with Crippen LogP contribution in [0.4, 0.5) is 5.69 Å². The molecular formula is C34H49NO3. The number of rotatable bonds is 21. The van der Waals surface area contributed by atoms with Crippen molar-refractivity contribution in [3.05, 3.63) is 65.7 Å². The Morgan fingerprint density at radius 3 is 1.84 bits per heavy atom. The van der Waals surface area contributed by atoms with E-state index in [2.05, 4.69) is 12.2 Å². The molecule has 4 heteroatoms. The zero-order valence-electron chi connectivity index (χ0n) is 23.6. The predicted octanol–water partition coefficient (Wildman–Crippen LogP) is 9.88. The van der Waals surface area contributed by atoms with Gasteiger partial charge in [0, 0.05) is 23.7 Å². The second-order valence-electron chi connectivity index (χ2n) is 10.5. The Morgan fingerprint density at radius 1 is 0.711 bits per heavy atom. The van der Waals surface area contributed by atoms with Gasteiger partial charge in [0.1, 0.15) is 5.75 Å². The molecule has 0 unspecified atom stereocenters. The molecule has 0 radical (unpaired) electrons. The molecule has 38 heavy (non-hydrogen) atoms. The van der Waals surface area contributed by atoms with Crippen molar-refractivity contribution in [1.29, 1.82) is 0 Å². The van der Waals surface area contributed by atoms with Gasteiger partial charge in [0.15, 0.2) is 5.78 Å². The molecule has 208 valence electrons. The Labute approximate surface area is 230 Å². The van der Waals surface area contributed by atoms with Crippen LogP contribution in [-0.4, -0.2) is 16.8 Å². The zero-order valence-corrected chi connectivity index (χ0v) is 23.6. The van der Waals surface area contributed by atoms with E-state index >= 15 is 0 Å². The molecule has 0 bridgehead atoms. The topological polar surface area (TPSA) is 66.4 Å². The highest BCUT2D eigenvalue weighted by atomic mass is 16.3. The van der Waals surface area contributed by atoms with E-state index in [9.17, 15) is 14.7 Å². The van der Waals surface area contributed by atoms with Crippen molar-refractivity contribution in [2.75, 3.05) is 5.32 Å². The molecule has 0 aromatic heterocycles. The van der Waals surface area contributed by atoms with Gasteiger partial charge in [-0.25, -0.2) is 0 Å². The average Bonchev–Trinajstić information content (AvgIpc) is 2.92. The van der Waals surface area contributed by atoms with Gasteiger partial charge in [-0.2, -0.15) is 0 Å². The maximum Gasteiger partial charge on any atom is 0.248 e. The van der Waals surface area contributed by atoms with E-state index < -0.39 is 0 Å². The van der Waals surface area contributed by atoms with Gasteiger partial charge in [-0.1, -0.05) is 128 Å². The molecule has 0 aliphatic carbocycles. The molecule has 0 fully saturated rings. The summed E-state index contributed by atoms with van der Waals surface area (Å²) in [6.45, 7) is 2.27. The number of unbranched alkanes of at least 4 members (excludes halogenated alkanes) is 15. The summed E-state index contributed by atoms with van der Waals surface area (Å²) in [6, 6.07) is 13.8. The van der Waals surface area contributed by atoms with Gasteiger partial charge in [-0.05, 0) is 42.3 Å². The number of hydrogen-bond donors (Lipinski definition) is 2. The third kappa shape index (κ3) is 14.8. The number of aromatic hydroxyl groups is 1. The van der Waals surface area contributed by atoms with Crippen LogP contribution >= 0.6 is 0 Å². The predicted molar refractivity (Wildman–Crippen MR) is 161 cm³/mol. The van der Waals surface area contributed by atoms with Gasteiger partial charge < -0.3 is 10.4 Å². The van der Waals surface area contributed by atoms with Crippen LogP contribution in [0.5, 0.6) is 5.75 Å². The van der Waals surface area contributed by atoms with Crippen LogP contribution in [0.15, 0.2) is 54.6 Å². The number of phenolic OH excluding ortho intramolecular Hbond substituents is 1. The summed E-state index contributed by atoms with van der Waals surface area (Å²) in [5.74, 6) is 0.000582. The number of hydrogen-bond acceptors (Lipinski definition) is 3. The fraction of sp³-hybridized carbons (Fsp3) is 0.529. The lowest BCUT2D eigenvalue weighted by Crippen LogP contribution is -2.08. The number of carbonyl (C=O) groups excluding carboxylic acids is 2. The van der Waals surface area contributed by atoms with Gasteiger partial charge in [0.2, 0.25) is 5.91 Å². The van der Waals surface area contributed by atoms with E-state index in [0.29, 0.717) is 17.7 Å². The molecule has 0 aliphatic rings. The van der Waals surface area contributed by atoms with E-state index in [1.165, 1.54) is 96.0 Å². The minimum atomic E-state index is -0.282. The molecule has 0 saturated heterocycles. The smallest absolute Gasteiger partial charge is 0.248 e. The van der Waals surface area contributed by atoms with Crippen molar-refractivity contribution in [3.8, 4) is 5.75 Å². The number of nitrogens with one attached hydrogen (secondary N) is 1. The van der Waals surface area contributed by atoms with Crippen LogP contribution in [0.25, 0.3) is 6.08 Å². The highest BCUT2D eigenvalue weighted by Crippen LogP contribution is 2.17. The number of carbonyl (C=O) groups is 2. The number of anilines is 1. The van der Waals surface area contributed by atoms with Crippen molar-refractivity contribution < 1.29 is 14.7 Å². The normalized spacial score (nSPS) is 11.2. The fourth-order valence-corrected chi connectivity index (χ4v) is 4.73. The summed E-state index contributed by atoms with van der Waals surface area (Å²) < 4.78 is 0. The first kappa shape index (κ1) is 31.3. The monoisotopic (exact) mass is 519 g/mol. The number of benzene rings is 2. The van der Waals surface area contributed by atoms with Gasteiger partial charge in [0.25, 0.3) is 0 Å². The van der Waals surface area contributed by atoms with Crippen molar-refractivity contribution in [2.45, 2.75) is 116 Å². The van der Waals surface area contributed by atoms with E-state index in [0.717, 1.165) is 18.4 Å². The summed E-state index contributed by atoms with van der Waals surface area (Å²) in [5, 5.41) is 12.3. The number of phenols is 1. The third-order valence-electron chi connectivity index (χ3n) is 7.01. The standard InChI is InChI=1S/C34H49NO3/c1-2-3-4-5-6-7-8-9-10-11-12-13-14-15-16-17-24-33(37)30-21-19-22-31(28-30)35-34(38)26-25-29-20-18-23-32(36)27-29/h18-23,25-28,36H,2-17,24H2,1H3,(H,35,38)/b26-25+. The second-order valence-corrected chi connectivity index (χ2v) is 10.5.